The first kappa shape index (κ1) is 19.5. The molecule has 0 aliphatic heterocycles. The van der Waals surface area contributed by atoms with Crippen molar-refractivity contribution in [2.24, 2.45) is 0 Å². The summed E-state index contributed by atoms with van der Waals surface area (Å²) in [6.45, 7) is 3.40. The Morgan fingerprint density at radius 3 is 2.69 bits per heavy atom. The fraction of sp³-hybridized carbons (Fsp3) is 0.208. The van der Waals surface area contributed by atoms with Gasteiger partial charge in [-0.2, -0.15) is 0 Å². The van der Waals surface area contributed by atoms with Gasteiger partial charge in [-0.3, -0.25) is 0 Å². The number of carbonyl (C=O) groups is 1. The number of esters is 1. The minimum atomic E-state index is -0.296. The van der Waals surface area contributed by atoms with Crippen LogP contribution in [-0.4, -0.2) is 23.8 Å². The standard InChI is InChI=1S/C24H22BrNO3/c1-2-28-24(27)22-15-18-11-12-19(25)16-21(18)26(22)13-6-14-29-23-10-5-8-17-7-3-4-9-20(17)23/h3-5,7-12,15-16H,2,6,13-14H2,1H3. The third kappa shape index (κ3) is 4.15. The first-order valence-electron chi connectivity index (χ1n) is 9.74. The number of aromatic nitrogens is 1. The number of benzene rings is 3. The molecule has 0 saturated heterocycles. The highest BCUT2D eigenvalue weighted by Gasteiger charge is 2.16. The topological polar surface area (TPSA) is 40.5 Å². The molecule has 0 aliphatic rings. The van der Waals surface area contributed by atoms with Crippen LogP contribution >= 0.6 is 15.9 Å². The van der Waals surface area contributed by atoms with Crippen molar-refractivity contribution >= 4 is 43.6 Å². The van der Waals surface area contributed by atoms with Gasteiger partial charge in [0.1, 0.15) is 11.4 Å². The van der Waals surface area contributed by atoms with E-state index in [1.165, 1.54) is 0 Å². The highest BCUT2D eigenvalue weighted by atomic mass is 79.9. The highest BCUT2D eigenvalue weighted by molar-refractivity contribution is 9.10. The van der Waals surface area contributed by atoms with E-state index in [0.29, 0.717) is 25.5 Å². The van der Waals surface area contributed by atoms with E-state index >= 15 is 0 Å². The second-order valence-corrected chi connectivity index (χ2v) is 7.70. The number of ether oxygens (including phenoxy) is 2. The number of aryl methyl sites for hydroxylation is 1. The molecule has 29 heavy (non-hydrogen) atoms. The molecule has 0 unspecified atom stereocenters. The quantitative estimate of drug-likeness (QED) is 0.248. The summed E-state index contributed by atoms with van der Waals surface area (Å²) in [6, 6.07) is 22.2. The Morgan fingerprint density at radius 2 is 1.83 bits per heavy atom. The molecule has 0 fully saturated rings. The van der Waals surface area contributed by atoms with Gasteiger partial charge in [0.2, 0.25) is 0 Å². The molecular weight excluding hydrogens is 430 g/mol. The van der Waals surface area contributed by atoms with Crippen molar-refractivity contribution in [3.63, 3.8) is 0 Å². The molecule has 4 rings (SSSR count). The Bertz CT molecular complexity index is 1160. The average molecular weight is 452 g/mol. The van der Waals surface area contributed by atoms with Gasteiger partial charge >= 0.3 is 5.97 Å². The van der Waals surface area contributed by atoms with Crippen LogP contribution in [0.25, 0.3) is 21.7 Å². The number of hydrogen-bond donors (Lipinski definition) is 0. The van der Waals surface area contributed by atoms with Crippen LogP contribution in [0, 0.1) is 0 Å². The lowest BCUT2D eigenvalue weighted by Crippen LogP contribution is -2.13. The van der Waals surface area contributed by atoms with Gasteiger partial charge < -0.3 is 14.0 Å². The second-order valence-electron chi connectivity index (χ2n) is 6.78. The number of halogens is 1. The normalized spacial score (nSPS) is 11.1. The van der Waals surface area contributed by atoms with Gasteiger partial charge in [0.15, 0.2) is 0 Å². The molecule has 148 valence electrons. The zero-order valence-electron chi connectivity index (χ0n) is 16.2. The molecule has 0 N–H and O–H groups in total. The molecule has 0 atom stereocenters. The Balaban J connectivity index is 1.52. The molecule has 1 heterocycles. The summed E-state index contributed by atoms with van der Waals surface area (Å²) >= 11 is 3.52. The summed E-state index contributed by atoms with van der Waals surface area (Å²) in [6.07, 6.45) is 0.770. The summed E-state index contributed by atoms with van der Waals surface area (Å²) in [5, 5.41) is 3.29. The number of carbonyl (C=O) groups excluding carboxylic acids is 1. The molecule has 0 saturated carbocycles. The van der Waals surface area contributed by atoms with Gasteiger partial charge in [-0.25, -0.2) is 4.79 Å². The Kier molecular flexibility index (Phi) is 5.86. The highest BCUT2D eigenvalue weighted by Crippen LogP contribution is 2.27. The first-order valence-corrected chi connectivity index (χ1v) is 10.5. The molecule has 1 aromatic heterocycles. The number of hydrogen-bond acceptors (Lipinski definition) is 3. The Morgan fingerprint density at radius 1 is 1.00 bits per heavy atom. The van der Waals surface area contributed by atoms with Crippen molar-refractivity contribution in [2.45, 2.75) is 19.9 Å². The van der Waals surface area contributed by atoms with E-state index in [9.17, 15) is 4.79 Å². The van der Waals surface area contributed by atoms with Crippen molar-refractivity contribution in [3.8, 4) is 5.75 Å². The molecular formula is C24H22BrNO3. The Hall–Kier alpha value is -2.79. The molecule has 0 aliphatic carbocycles. The molecule has 0 bridgehead atoms. The van der Waals surface area contributed by atoms with E-state index in [4.69, 9.17) is 9.47 Å². The van der Waals surface area contributed by atoms with Crippen molar-refractivity contribution in [1.82, 2.24) is 4.57 Å². The van der Waals surface area contributed by atoms with Gasteiger partial charge in [0.25, 0.3) is 0 Å². The number of rotatable bonds is 7. The van der Waals surface area contributed by atoms with Gasteiger partial charge in [0.05, 0.1) is 13.2 Å². The van der Waals surface area contributed by atoms with Gasteiger partial charge in [-0.05, 0) is 43.0 Å². The van der Waals surface area contributed by atoms with Crippen molar-refractivity contribution < 1.29 is 14.3 Å². The van der Waals surface area contributed by atoms with Gasteiger partial charge in [-0.15, -0.1) is 0 Å². The zero-order chi connectivity index (χ0) is 20.2. The average Bonchev–Trinajstić information content (AvgIpc) is 3.09. The maximum Gasteiger partial charge on any atom is 0.354 e. The largest absolute Gasteiger partial charge is 0.493 e. The zero-order valence-corrected chi connectivity index (χ0v) is 17.8. The lowest BCUT2D eigenvalue weighted by Gasteiger charge is -2.12. The summed E-state index contributed by atoms with van der Waals surface area (Å²) in [4.78, 5) is 12.4. The molecule has 5 heteroatoms. The minimum Gasteiger partial charge on any atom is -0.493 e. The minimum absolute atomic E-state index is 0.296. The van der Waals surface area contributed by atoms with Crippen LogP contribution < -0.4 is 4.74 Å². The predicted molar refractivity (Wildman–Crippen MR) is 120 cm³/mol. The van der Waals surface area contributed by atoms with Crippen LogP contribution in [0.3, 0.4) is 0 Å². The number of fused-ring (bicyclic) bond motifs is 2. The van der Waals surface area contributed by atoms with Crippen LogP contribution in [0.5, 0.6) is 5.75 Å². The van der Waals surface area contributed by atoms with E-state index < -0.39 is 0 Å². The molecule has 0 amide bonds. The van der Waals surface area contributed by atoms with Crippen molar-refractivity contribution in [1.29, 1.82) is 0 Å². The fourth-order valence-corrected chi connectivity index (χ4v) is 3.92. The fourth-order valence-electron chi connectivity index (χ4n) is 3.57. The monoisotopic (exact) mass is 451 g/mol. The lowest BCUT2D eigenvalue weighted by molar-refractivity contribution is 0.0514. The third-order valence-electron chi connectivity index (χ3n) is 4.88. The van der Waals surface area contributed by atoms with E-state index in [-0.39, 0.29) is 5.97 Å². The summed E-state index contributed by atoms with van der Waals surface area (Å²) in [5.41, 5.74) is 1.58. The van der Waals surface area contributed by atoms with Crippen LogP contribution in [0.1, 0.15) is 23.8 Å². The maximum absolute atomic E-state index is 12.4. The summed E-state index contributed by atoms with van der Waals surface area (Å²) in [5.74, 6) is 0.587. The van der Waals surface area contributed by atoms with Crippen LogP contribution in [0.2, 0.25) is 0 Å². The van der Waals surface area contributed by atoms with E-state index in [1.807, 2.05) is 60.0 Å². The van der Waals surface area contributed by atoms with E-state index in [1.54, 1.807) is 0 Å². The van der Waals surface area contributed by atoms with E-state index in [0.717, 1.165) is 38.3 Å². The molecule has 0 spiro atoms. The summed E-state index contributed by atoms with van der Waals surface area (Å²) in [7, 11) is 0. The smallest absolute Gasteiger partial charge is 0.354 e. The molecule has 3 aromatic carbocycles. The molecule has 4 aromatic rings. The second kappa shape index (κ2) is 8.70. The van der Waals surface area contributed by atoms with Crippen molar-refractivity contribution in [2.75, 3.05) is 13.2 Å². The van der Waals surface area contributed by atoms with Crippen LogP contribution in [-0.2, 0) is 11.3 Å². The lowest BCUT2D eigenvalue weighted by atomic mass is 10.1. The SMILES string of the molecule is CCOC(=O)c1cc2ccc(Br)cc2n1CCCOc1cccc2ccccc12. The summed E-state index contributed by atoms with van der Waals surface area (Å²) < 4.78 is 14.3. The van der Waals surface area contributed by atoms with Crippen LogP contribution in [0.15, 0.2) is 71.2 Å². The number of nitrogens with zero attached hydrogens (tertiary/aromatic N) is 1. The maximum atomic E-state index is 12.4. The van der Waals surface area contributed by atoms with E-state index in [2.05, 4.69) is 34.1 Å². The van der Waals surface area contributed by atoms with Gasteiger partial charge in [-0.1, -0.05) is 58.4 Å². The van der Waals surface area contributed by atoms with Crippen LogP contribution in [0.4, 0.5) is 0 Å². The molecule has 4 nitrogen and oxygen atoms in total. The van der Waals surface area contributed by atoms with Crippen molar-refractivity contribution in [3.05, 3.63) is 76.9 Å². The Labute approximate surface area is 178 Å². The van der Waals surface area contributed by atoms with Gasteiger partial charge in [0, 0.05) is 27.3 Å². The predicted octanol–water partition coefficient (Wildman–Crippen LogP) is 6.20. The third-order valence-corrected chi connectivity index (χ3v) is 5.38. The first-order chi connectivity index (χ1) is 14.2. The molecule has 0 radical (unpaired) electrons.